The molecule has 0 heterocycles. The first-order valence-corrected chi connectivity index (χ1v) is 8.10. The summed E-state index contributed by atoms with van der Waals surface area (Å²) in [6.07, 6.45) is 19.9. The molecule has 0 rings (SSSR count). The van der Waals surface area contributed by atoms with Crippen molar-refractivity contribution >= 4 is 5.97 Å². The highest BCUT2D eigenvalue weighted by atomic mass is 16.4. The molecule has 0 saturated carbocycles. The second-order valence-electron chi connectivity index (χ2n) is 5.39. The molecule has 2 nitrogen and oxygen atoms in total. The standard InChI is InChI=1S/C17H32O2/c1-2-3-4-5-6-7-8-9-10-11-12-13-14-15-16-17(18)19/h2-3H,4-16H2,1H3,(H,18,19)/b3-2+. The monoisotopic (exact) mass is 268 g/mol. The first-order chi connectivity index (χ1) is 9.27. The fourth-order valence-electron chi connectivity index (χ4n) is 2.30. The molecule has 0 unspecified atom stereocenters. The van der Waals surface area contributed by atoms with Crippen molar-refractivity contribution in [3.63, 3.8) is 0 Å². The summed E-state index contributed by atoms with van der Waals surface area (Å²) in [5, 5.41) is 8.50. The van der Waals surface area contributed by atoms with Gasteiger partial charge in [0.25, 0.3) is 0 Å². The molecule has 0 aliphatic rings. The Morgan fingerprint density at radius 2 is 1.21 bits per heavy atom. The molecule has 0 bridgehead atoms. The molecule has 0 aromatic carbocycles. The molecule has 1 N–H and O–H groups in total. The van der Waals surface area contributed by atoms with Gasteiger partial charge >= 0.3 is 5.97 Å². The van der Waals surface area contributed by atoms with E-state index in [0.717, 1.165) is 12.8 Å². The second kappa shape index (κ2) is 15.3. The Balaban J connectivity index is 2.97. The summed E-state index contributed by atoms with van der Waals surface area (Å²) < 4.78 is 0. The van der Waals surface area contributed by atoms with E-state index < -0.39 is 5.97 Å². The van der Waals surface area contributed by atoms with Gasteiger partial charge in [-0.1, -0.05) is 69.9 Å². The van der Waals surface area contributed by atoms with Crippen LogP contribution in [-0.4, -0.2) is 11.1 Å². The fourth-order valence-corrected chi connectivity index (χ4v) is 2.30. The number of unbranched alkanes of at least 4 members (excludes halogenated alkanes) is 11. The van der Waals surface area contributed by atoms with E-state index in [0.29, 0.717) is 6.42 Å². The molecule has 2 heteroatoms. The van der Waals surface area contributed by atoms with Crippen LogP contribution in [0, 0.1) is 0 Å². The lowest BCUT2D eigenvalue weighted by atomic mass is 10.0. The first kappa shape index (κ1) is 18.2. The average molecular weight is 268 g/mol. The van der Waals surface area contributed by atoms with E-state index in [1.165, 1.54) is 64.2 Å². The average Bonchev–Trinajstić information content (AvgIpc) is 2.39. The van der Waals surface area contributed by atoms with Crippen LogP contribution in [-0.2, 0) is 4.79 Å². The van der Waals surface area contributed by atoms with Gasteiger partial charge in [0.05, 0.1) is 0 Å². The number of carboxylic acids is 1. The van der Waals surface area contributed by atoms with E-state index in [9.17, 15) is 4.79 Å². The van der Waals surface area contributed by atoms with Gasteiger partial charge < -0.3 is 5.11 Å². The third kappa shape index (κ3) is 17.2. The third-order valence-electron chi connectivity index (χ3n) is 3.50. The number of allylic oxidation sites excluding steroid dienone is 2. The number of hydrogen-bond donors (Lipinski definition) is 1. The highest BCUT2D eigenvalue weighted by Crippen LogP contribution is 2.12. The molecule has 0 radical (unpaired) electrons. The van der Waals surface area contributed by atoms with Crippen molar-refractivity contribution in [1.29, 1.82) is 0 Å². The molecule has 0 spiro atoms. The van der Waals surface area contributed by atoms with Crippen LogP contribution >= 0.6 is 0 Å². The molecule has 0 fully saturated rings. The zero-order valence-electron chi connectivity index (χ0n) is 12.7. The molecule has 0 atom stereocenters. The van der Waals surface area contributed by atoms with Crippen molar-refractivity contribution < 1.29 is 9.90 Å². The predicted octanol–water partition coefficient (Wildman–Crippen LogP) is 5.72. The molecular weight excluding hydrogens is 236 g/mol. The van der Waals surface area contributed by atoms with Crippen molar-refractivity contribution in [2.45, 2.75) is 90.4 Å². The van der Waals surface area contributed by atoms with Gasteiger partial charge in [0.1, 0.15) is 0 Å². The van der Waals surface area contributed by atoms with Crippen LogP contribution in [0.25, 0.3) is 0 Å². The van der Waals surface area contributed by atoms with Crippen LogP contribution in [0.3, 0.4) is 0 Å². The van der Waals surface area contributed by atoms with Gasteiger partial charge in [-0.15, -0.1) is 0 Å². The molecule has 0 aliphatic heterocycles. The number of aliphatic carboxylic acids is 1. The lowest BCUT2D eigenvalue weighted by Crippen LogP contribution is -1.93. The van der Waals surface area contributed by atoms with Gasteiger partial charge in [-0.2, -0.15) is 0 Å². The Morgan fingerprint density at radius 3 is 1.63 bits per heavy atom. The molecule has 0 aromatic rings. The maximum atomic E-state index is 10.3. The molecule has 0 aromatic heterocycles. The minimum absolute atomic E-state index is 0.340. The van der Waals surface area contributed by atoms with Crippen LogP contribution in [0.5, 0.6) is 0 Å². The minimum atomic E-state index is -0.658. The van der Waals surface area contributed by atoms with Crippen LogP contribution in [0.4, 0.5) is 0 Å². The van der Waals surface area contributed by atoms with Gasteiger partial charge in [0.15, 0.2) is 0 Å². The summed E-state index contributed by atoms with van der Waals surface area (Å²) in [7, 11) is 0. The van der Waals surface area contributed by atoms with Crippen molar-refractivity contribution in [3.05, 3.63) is 12.2 Å². The van der Waals surface area contributed by atoms with Crippen LogP contribution in [0.15, 0.2) is 12.2 Å². The van der Waals surface area contributed by atoms with Crippen molar-refractivity contribution in [1.82, 2.24) is 0 Å². The zero-order valence-corrected chi connectivity index (χ0v) is 12.7. The largest absolute Gasteiger partial charge is 0.481 e. The smallest absolute Gasteiger partial charge is 0.303 e. The quantitative estimate of drug-likeness (QED) is 0.323. The van der Waals surface area contributed by atoms with E-state index in [2.05, 4.69) is 19.1 Å². The summed E-state index contributed by atoms with van der Waals surface area (Å²) in [6, 6.07) is 0. The van der Waals surface area contributed by atoms with Crippen LogP contribution < -0.4 is 0 Å². The summed E-state index contributed by atoms with van der Waals surface area (Å²) in [4.78, 5) is 10.3. The summed E-state index contributed by atoms with van der Waals surface area (Å²) in [5.74, 6) is -0.658. The number of carbonyl (C=O) groups is 1. The van der Waals surface area contributed by atoms with E-state index >= 15 is 0 Å². The normalized spacial score (nSPS) is 11.2. The Hall–Kier alpha value is -0.790. The molecule has 112 valence electrons. The summed E-state index contributed by atoms with van der Waals surface area (Å²) >= 11 is 0. The number of hydrogen-bond acceptors (Lipinski definition) is 1. The molecule has 19 heavy (non-hydrogen) atoms. The summed E-state index contributed by atoms with van der Waals surface area (Å²) in [5.41, 5.74) is 0. The zero-order chi connectivity index (χ0) is 14.2. The van der Waals surface area contributed by atoms with Crippen molar-refractivity contribution in [2.75, 3.05) is 0 Å². The van der Waals surface area contributed by atoms with Gasteiger partial charge in [0, 0.05) is 6.42 Å². The van der Waals surface area contributed by atoms with Gasteiger partial charge in [0.2, 0.25) is 0 Å². The molecule has 0 amide bonds. The Morgan fingerprint density at radius 1 is 0.789 bits per heavy atom. The van der Waals surface area contributed by atoms with E-state index in [1.54, 1.807) is 0 Å². The lowest BCUT2D eigenvalue weighted by Gasteiger charge is -2.02. The topological polar surface area (TPSA) is 37.3 Å². The van der Waals surface area contributed by atoms with E-state index in [4.69, 9.17) is 5.11 Å². The van der Waals surface area contributed by atoms with Crippen LogP contribution in [0.1, 0.15) is 90.4 Å². The highest BCUT2D eigenvalue weighted by molar-refractivity contribution is 5.66. The Labute approximate surface area is 119 Å². The molecule has 0 aliphatic carbocycles. The van der Waals surface area contributed by atoms with Crippen molar-refractivity contribution in [3.8, 4) is 0 Å². The fraction of sp³-hybridized carbons (Fsp3) is 0.824. The van der Waals surface area contributed by atoms with E-state index in [-0.39, 0.29) is 0 Å². The SMILES string of the molecule is C/C=C/CCCCCCCCCCCCCC(=O)O. The minimum Gasteiger partial charge on any atom is -0.481 e. The third-order valence-corrected chi connectivity index (χ3v) is 3.50. The predicted molar refractivity (Wildman–Crippen MR) is 82.5 cm³/mol. The second-order valence-corrected chi connectivity index (χ2v) is 5.39. The molecule has 0 saturated heterocycles. The highest BCUT2D eigenvalue weighted by Gasteiger charge is 1.96. The van der Waals surface area contributed by atoms with Crippen molar-refractivity contribution in [2.24, 2.45) is 0 Å². The Bertz CT molecular complexity index is 221. The number of carboxylic acid groups (broad SMARTS) is 1. The first-order valence-electron chi connectivity index (χ1n) is 8.10. The van der Waals surface area contributed by atoms with Gasteiger partial charge in [-0.05, 0) is 26.2 Å². The van der Waals surface area contributed by atoms with Gasteiger partial charge in [-0.3, -0.25) is 4.79 Å². The lowest BCUT2D eigenvalue weighted by molar-refractivity contribution is -0.137. The van der Waals surface area contributed by atoms with Crippen LogP contribution in [0.2, 0.25) is 0 Å². The maximum absolute atomic E-state index is 10.3. The van der Waals surface area contributed by atoms with E-state index in [1.807, 2.05) is 0 Å². The van der Waals surface area contributed by atoms with Gasteiger partial charge in [-0.25, -0.2) is 0 Å². The maximum Gasteiger partial charge on any atom is 0.303 e. The Kier molecular flexibility index (Phi) is 14.6. The molecular formula is C17H32O2. The number of rotatable bonds is 14. The summed E-state index contributed by atoms with van der Waals surface area (Å²) in [6.45, 7) is 2.08.